The lowest BCUT2D eigenvalue weighted by atomic mass is 10.3. The van der Waals surface area contributed by atoms with Gasteiger partial charge >= 0.3 is 0 Å². The van der Waals surface area contributed by atoms with Crippen LogP contribution in [0.25, 0.3) is 0 Å². The second-order valence-corrected chi connectivity index (χ2v) is 5.58. The van der Waals surface area contributed by atoms with Crippen LogP contribution in [-0.2, 0) is 0 Å². The average Bonchev–Trinajstić information content (AvgIpc) is 2.37. The van der Waals surface area contributed by atoms with E-state index >= 15 is 0 Å². The monoisotopic (exact) mass is 385 g/mol. The Labute approximate surface area is 129 Å². The molecule has 0 aromatic heterocycles. The van der Waals surface area contributed by atoms with E-state index in [1.807, 2.05) is 31.2 Å². The largest absolute Gasteiger partial charge is 0.492 e. The maximum Gasteiger partial charge on any atom is 0.145 e. The van der Waals surface area contributed by atoms with E-state index in [2.05, 4.69) is 31.9 Å². The predicted octanol–water partition coefficient (Wildman–Crippen LogP) is 4.98. The number of anilines is 1. The molecule has 0 saturated carbocycles. The Morgan fingerprint density at radius 2 is 1.84 bits per heavy atom. The number of hydrogen-bond donors (Lipinski definition) is 1. The SMILES string of the molecule is CCOc1cc(Oc2ccc(Br)cc2Br)ccc1N. The van der Waals surface area contributed by atoms with E-state index in [1.54, 1.807) is 12.1 Å². The molecular weight excluding hydrogens is 374 g/mol. The van der Waals surface area contributed by atoms with Crippen LogP contribution >= 0.6 is 31.9 Å². The van der Waals surface area contributed by atoms with E-state index in [4.69, 9.17) is 15.2 Å². The summed E-state index contributed by atoms with van der Waals surface area (Å²) in [6.45, 7) is 2.48. The van der Waals surface area contributed by atoms with Gasteiger partial charge in [-0.2, -0.15) is 0 Å². The number of hydrogen-bond acceptors (Lipinski definition) is 3. The molecule has 5 heteroatoms. The highest BCUT2D eigenvalue weighted by molar-refractivity contribution is 9.11. The van der Waals surface area contributed by atoms with Crippen LogP contribution in [0.2, 0.25) is 0 Å². The van der Waals surface area contributed by atoms with Crippen LogP contribution in [-0.4, -0.2) is 6.61 Å². The Hall–Kier alpha value is -1.20. The van der Waals surface area contributed by atoms with Crippen molar-refractivity contribution in [3.05, 3.63) is 45.3 Å². The van der Waals surface area contributed by atoms with Crippen molar-refractivity contribution < 1.29 is 9.47 Å². The van der Waals surface area contributed by atoms with E-state index in [9.17, 15) is 0 Å². The molecule has 0 aliphatic rings. The van der Waals surface area contributed by atoms with E-state index in [0.717, 1.165) is 14.7 Å². The van der Waals surface area contributed by atoms with Crippen LogP contribution in [0.15, 0.2) is 45.3 Å². The predicted molar refractivity (Wildman–Crippen MR) is 83.9 cm³/mol. The molecule has 0 spiro atoms. The fourth-order valence-corrected chi connectivity index (χ4v) is 2.67. The van der Waals surface area contributed by atoms with Crippen LogP contribution in [0, 0.1) is 0 Å². The zero-order chi connectivity index (χ0) is 13.8. The minimum Gasteiger partial charge on any atom is -0.492 e. The number of nitrogens with two attached hydrogens (primary N) is 1. The van der Waals surface area contributed by atoms with Gasteiger partial charge in [-0.25, -0.2) is 0 Å². The first-order chi connectivity index (χ1) is 9.10. The van der Waals surface area contributed by atoms with E-state index < -0.39 is 0 Å². The molecule has 0 unspecified atom stereocenters. The van der Waals surface area contributed by atoms with Crippen molar-refractivity contribution >= 4 is 37.5 Å². The van der Waals surface area contributed by atoms with E-state index in [-0.39, 0.29) is 0 Å². The first-order valence-electron chi connectivity index (χ1n) is 5.75. The molecule has 0 aliphatic carbocycles. The Morgan fingerprint density at radius 1 is 1.05 bits per heavy atom. The van der Waals surface area contributed by atoms with Gasteiger partial charge < -0.3 is 15.2 Å². The summed E-state index contributed by atoms with van der Waals surface area (Å²) in [7, 11) is 0. The minimum absolute atomic E-state index is 0.565. The van der Waals surface area contributed by atoms with Gasteiger partial charge in [0.1, 0.15) is 17.2 Å². The van der Waals surface area contributed by atoms with Gasteiger partial charge in [0.15, 0.2) is 0 Å². The van der Waals surface area contributed by atoms with Gasteiger partial charge in [0.25, 0.3) is 0 Å². The second-order valence-electron chi connectivity index (χ2n) is 3.81. The van der Waals surface area contributed by atoms with Crippen LogP contribution in [0.4, 0.5) is 5.69 Å². The topological polar surface area (TPSA) is 44.5 Å². The lowest BCUT2D eigenvalue weighted by Gasteiger charge is -2.11. The molecule has 0 bridgehead atoms. The van der Waals surface area contributed by atoms with Crippen molar-refractivity contribution in [2.45, 2.75) is 6.92 Å². The van der Waals surface area contributed by atoms with Crippen molar-refractivity contribution in [3.8, 4) is 17.2 Å². The summed E-state index contributed by atoms with van der Waals surface area (Å²) in [5.74, 6) is 2.05. The van der Waals surface area contributed by atoms with Gasteiger partial charge in [-0.05, 0) is 53.2 Å². The molecule has 19 heavy (non-hydrogen) atoms. The summed E-state index contributed by atoms with van der Waals surface area (Å²) in [4.78, 5) is 0. The molecule has 0 saturated heterocycles. The molecule has 0 atom stereocenters. The van der Waals surface area contributed by atoms with E-state index in [0.29, 0.717) is 23.8 Å². The summed E-state index contributed by atoms with van der Waals surface area (Å²) in [6.07, 6.45) is 0. The molecule has 2 N–H and O–H groups in total. The Morgan fingerprint density at radius 3 is 2.53 bits per heavy atom. The Kier molecular flexibility index (Phi) is 4.71. The molecule has 2 aromatic carbocycles. The molecule has 0 aliphatic heterocycles. The molecular formula is C14H13Br2NO2. The second kappa shape index (κ2) is 6.30. The zero-order valence-corrected chi connectivity index (χ0v) is 13.5. The summed E-state index contributed by atoms with van der Waals surface area (Å²) >= 11 is 6.86. The van der Waals surface area contributed by atoms with Crippen molar-refractivity contribution in [3.63, 3.8) is 0 Å². The van der Waals surface area contributed by atoms with Crippen molar-refractivity contribution in [2.24, 2.45) is 0 Å². The molecule has 0 heterocycles. The molecule has 2 rings (SSSR count). The average molecular weight is 387 g/mol. The Bertz CT molecular complexity index is 588. The standard InChI is InChI=1S/C14H13Br2NO2/c1-2-18-14-8-10(4-5-12(14)17)19-13-6-3-9(15)7-11(13)16/h3-8H,2,17H2,1H3. The van der Waals surface area contributed by atoms with Gasteiger partial charge in [0.2, 0.25) is 0 Å². The number of halogens is 2. The fourth-order valence-electron chi connectivity index (χ4n) is 1.54. The van der Waals surface area contributed by atoms with Crippen molar-refractivity contribution in [1.29, 1.82) is 0 Å². The van der Waals surface area contributed by atoms with Gasteiger partial charge in [0, 0.05) is 10.5 Å². The highest BCUT2D eigenvalue weighted by atomic mass is 79.9. The number of rotatable bonds is 4. The zero-order valence-electron chi connectivity index (χ0n) is 10.3. The lowest BCUT2D eigenvalue weighted by molar-refractivity contribution is 0.340. The van der Waals surface area contributed by atoms with Crippen molar-refractivity contribution in [2.75, 3.05) is 12.3 Å². The third-order valence-corrected chi connectivity index (χ3v) is 3.52. The first kappa shape index (κ1) is 14.2. The van der Waals surface area contributed by atoms with Crippen LogP contribution in [0.3, 0.4) is 0 Å². The number of ether oxygens (including phenoxy) is 2. The molecule has 0 fully saturated rings. The third kappa shape index (κ3) is 3.64. The summed E-state index contributed by atoms with van der Waals surface area (Å²) in [5.41, 5.74) is 6.42. The number of nitrogen functional groups attached to an aromatic ring is 1. The molecule has 3 nitrogen and oxygen atoms in total. The minimum atomic E-state index is 0.565. The number of benzene rings is 2. The van der Waals surface area contributed by atoms with Gasteiger partial charge in [-0.3, -0.25) is 0 Å². The Balaban J connectivity index is 2.25. The highest BCUT2D eigenvalue weighted by Gasteiger charge is 2.06. The summed E-state index contributed by atoms with van der Waals surface area (Å²) in [5, 5.41) is 0. The quantitative estimate of drug-likeness (QED) is 0.753. The maximum absolute atomic E-state index is 5.82. The first-order valence-corrected chi connectivity index (χ1v) is 7.34. The molecule has 0 radical (unpaired) electrons. The summed E-state index contributed by atoms with van der Waals surface area (Å²) in [6, 6.07) is 11.1. The molecule has 100 valence electrons. The van der Waals surface area contributed by atoms with E-state index in [1.165, 1.54) is 0 Å². The van der Waals surface area contributed by atoms with Gasteiger partial charge in [-0.15, -0.1) is 0 Å². The third-order valence-electron chi connectivity index (χ3n) is 2.41. The van der Waals surface area contributed by atoms with Gasteiger partial charge in [-0.1, -0.05) is 15.9 Å². The normalized spacial score (nSPS) is 10.3. The molecule has 0 amide bonds. The van der Waals surface area contributed by atoms with Crippen LogP contribution in [0.5, 0.6) is 17.2 Å². The summed E-state index contributed by atoms with van der Waals surface area (Å²) < 4.78 is 13.1. The smallest absolute Gasteiger partial charge is 0.145 e. The van der Waals surface area contributed by atoms with Crippen molar-refractivity contribution in [1.82, 2.24) is 0 Å². The van der Waals surface area contributed by atoms with Crippen LogP contribution in [0.1, 0.15) is 6.92 Å². The lowest BCUT2D eigenvalue weighted by Crippen LogP contribution is -1.97. The molecule has 2 aromatic rings. The van der Waals surface area contributed by atoms with Crippen LogP contribution < -0.4 is 15.2 Å². The highest BCUT2D eigenvalue weighted by Crippen LogP contribution is 2.34. The maximum atomic E-state index is 5.82. The van der Waals surface area contributed by atoms with Gasteiger partial charge in [0.05, 0.1) is 16.8 Å². The fraction of sp³-hybridized carbons (Fsp3) is 0.143.